The Kier molecular flexibility index (Phi) is 26.8. The second-order valence-electron chi connectivity index (χ2n) is 10.8. The number of carbonyl (C=O) groups excluding carboxylic acids is 4. The minimum absolute atomic E-state index is 0.00362. The van der Waals surface area contributed by atoms with Crippen LogP contribution in [0.1, 0.15) is 65.9 Å². The van der Waals surface area contributed by atoms with Gasteiger partial charge in [0.2, 0.25) is 11.8 Å². The van der Waals surface area contributed by atoms with Crippen LogP contribution in [-0.2, 0) is 25.6 Å². The standard InChI is InChI=1S/C19H31N3O2.C9H16N2O2S.C4H10/c1-14(2)18(23)16(20)11-7-8-12-22-19(24)17(21-3)13-15-9-5-4-6-10-15;1-3-10-8(4-7-14-2)9(13)11-5-6-12;1-4(2)3/h4-6,9-10,14,16-17,21H,7-8,11-13,20H2,1-3H3,(H,22,24);3,6,8,10H,1,4-5,7H2,2H3,(H,11,13);4H,1-3H3. The molecule has 3 unspecified atom stereocenters. The average molecular weight is 608 g/mol. The fourth-order valence-electron chi connectivity index (χ4n) is 3.50. The van der Waals surface area contributed by atoms with E-state index in [0.717, 1.165) is 36.5 Å². The van der Waals surface area contributed by atoms with Crippen molar-refractivity contribution in [1.82, 2.24) is 21.3 Å². The lowest BCUT2D eigenvalue weighted by molar-refractivity contribution is -0.124. The van der Waals surface area contributed by atoms with Crippen LogP contribution < -0.4 is 27.0 Å². The Morgan fingerprint density at radius 3 is 2.05 bits per heavy atom. The molecule has 0 saturated heterocycles. The first-order valence-electron chi connectivity index (χ1n) is 14.8. The number of rotatable bonds is 19. The largest absolute Gasteiger partial charge is 0.380 e. The van der Waals surface area contributed by atoms with E-state index in [-0.39, 0.29) is 48.2 Å². The number of nitrogens with two attached hydrogens (primary N) is 1. The van der Waals surface area contributed by atoms with Gasteiger partial charge in [-0.25, -0.2) is 0 Å². The molecule has 0 spiro atoms. The number of nitrogens with one attached hydrogen (secondary N) is 4. The number of Topliss-reactive ketones (excluding diaryl/α,β-unsaturated/α-hetero) is 1. The van der Waals surface area contributed by atoms with Crippen molar-refractivity contribution in [2.75, 3.05) is 32.1 Å². The van der Waals surface area contributed by atoms with Crippen LogP contribution in [0.2, 0.25) is 0 Å². The Balaban J connectivity index is 0. The van der Waals surface area contributed by atoms with Crippen LogP contribution in [-0.4, -0.2) is 74.2 Å². The van der Waals surface area contributed by atoms with Gasteiger partial charge in [-0.1, -0.05) is 71.5 Å². The fraction of sp³-hybridized carbons (Fsp3) is 0.625. The third-order valence-corrected chi connectivity index (χ3v) is 6.37. The summed E-state index contributed by atoms with van der Waals surface area (Å²) in [6, 6.07) is 9.03. The van der Waals surface area contributed by atoms with Gasteiger partial charge in [-0.05, 0) is 68.8 Å². The number of carbonyl (C=O) groups is 4. The van der Waals surface area contributed by atoms with Gasteiger partial charge in [-0.2, -0.15) is 11.8 Å². The van der Waals surface area contributed by atoms with Crippen LogP contribution in [0.15, 0.2) is 43.1 Å². The summed E-state index contributed by atoms with van der Waals surface area (Å²) in [6.07, 6.45) is 7.85. The smallest absolute Gasteiger partial charge is 0.242 e. The van der Waals surface area contributed by atoms with Crippen LogP contribution >= 0.6 is 11.8 Å². The van der Waals surface area contributed by atoms with Gasteiger partial charge in [0.25, 0.3) is 0 Å². The molecule has 10 heteroatoms. The van der Waals surface area contributed by atoms with Crippen LogP contribution in [0.5, 0.6) is 0 Å². The van der Waals surface area contributed by atoms with E-state index < -0.39 is 0 Å². The van der Waals surface area contributed by atoms with Crippen molar-refractivity contribution in [3.05, 3.63) is 48.7 Å². The summed E-state index contributed by atoms with van der Waals surface area (Å²) in [5.74, 6) is 1.65. The number of amides is 2. The third-order valence-electron chi connectivity index (χ3n) is 5.73. The first kappa shape index (κ1) is 41.4. The second kappa shape index (κ2) is 27.2. The highest BCUT2D eigenvalue weighted by molar-refractivity contribution is 7.98. The normalized spacial score (nSPS) is 12.4. The van der Waals surface area contributed by atoms with Crippen LogP contribution in [0.4, 0.5) is 0 Å². The number of hydrogen-bond donors (Lipinski definition) is 5. The Morgan fingerprint density at radius 1 is 0.952 bits per heavy atom. The average Bonchev–Trinajstić information content (AvgIpc) is 2.96. The molecular formula is C32H57N5O4S. The summed E-state index contributed by atoms with van der Waals surface area (Å²) in [7, 11) is 1.80. The van der Waals surface area contributed by atoms with Crippen molar-refractivity contribution >= 4 is 35.6 Å². The third kappa shape index (κ3) is 22.9. The zero-order valence-corrected chi connectivity index (χ0v) is 27.7. The summed E-state index contributed by atoms with van der Waals surface area (Å²) in [4.78, 5) is 45.4. The highest BCUT2D eigenvalue weighted by Gasteiger charge is 2.18. The summed E-state index contributed by atoms with van der Waals surface area (Å²) in [6.45, 7) is 14.4. The Bertz CT molecular complexity index is 865. The van der Waals surface area contributed by atoms with Gasteiger partial charge in [-0.15, -0.1) is 0 Å². The van der Waals surface area contributed by atoms with Crippen LogP contribution in [0.3, 0.4) is 0 Å². The Labute approximate surface area is 259 Å². The summed E-state index contributed by atoms with van der Waals surface area (Å²) >= 11 is 1.67. The highest BCUT2D eigenvalue weighted by atomic mass is 32.2. The molecule has 0 aliphatic carbocycles. The summed E-state index contributed by atoms with van der Waals surface area (Å²) < 4.78 is 0. The molecule has 0 radical (unpaired) electrons. The van der Waals surface area contributed by atoms with Crippen molar-refractivity contribution < 1.29 is 19.2 Å². The van der Waals surface area contributed by atoms with Crippen LogP contribution in [0, 0.1) is 11.8 Å². The van der Waals surface area contributed by atoms with E-state index in [2.05, 4.69) is 48.6 Å². The maximum absolute atomic E-state index is 12.2. The summed E-state index contributed by atoms with van der Waals surface area (Å²) in [5, 5.41) is 11.4. The summed E-state index contributed by atoms with van der Waals surface area (Å²) in [5.41, 5.74) is 7.00. The maximum atomic E-state index is 12.2. The number of unbranched alkanes of at least 4 members (excludes halogenated alkanes) is 1. The number of thioether (sulfide) groups is 1. The van der Waals surface area contributed by atoms with Crippen molar-refractivity contribution in [1.29, 1.82) is 0 Å². The molecule has 0 bridgehead atoms. The molecule has 6 N–H and O–H groups in total. The molecule has 1 rings (SSSR count). The molecule has 1 aromatic rings. The number of ketones is 1. The lowest BCUT2D eigenvalue weighted by Crippen LogP contribution is -2.44. The van der Waals surface area contributed by atoms with Crippen molar-refractivity contribution in [3.8, 4) is 0 Å². The number of benzene rings is 1. The number of hydrogen-bond acceptors (Lipinski definition) is 8. The molecule has 1 aromatic carbocycles. The zero-order chi connectivity index (χ0) is 32.3. The molecular weight excluding hydrogens is 550 g/mol. The molecule has 42 heavy (non-hydrogen) atoms. The zero-order valence-electron chi connectivity index (χ0n) is 26.9. The van der Waals surface area contributed by atoms with Gasteiger partial charge < -0.3 is 31.8 Å². The molecule has 2 amide bonds. The molecule has 0 aliphatic rings. The number of likely N-dealkylation sites (N-methyl/N-ethyl adjacent to an activating group) is 1. The van der Waals surface area contributed by atoms with Gasteiger partial charge in [-0.3, -0.25) is 14.4 Å². The predicted molar refractivity (Wildman–Crippen MR) is 177 cm³/mol. The van der Waals surface area contributed by atoms with E-state index in [1.54, 1.807) is 18.8 Å². The predicted octanol–water partition coefficient (Wildman–Crippen LogP) is 3.47. The van der Waals surface area contributed by atoms with Gasteiger partial charge in [0, 0.05) is 12.5 Å². The quantitative estimate of drug-likeness (QED) is 0.119. The minimum atomic E-state index is -0.385. The Morgan fingerprint density at radius 2 is 1.55 bits per heavy atom. The Hall–Kier alpha value is -2.69. The van der Waals surface area contributed by atoms with Crippen molar-refractivity contribution in [2.45, 2.75) is 84.8 Å². The lowest BCUT2D eigenvalue weighted by Gasteiger charge is -2.16. The first-order chi connectivity index (χ1) is 19.9. The van der Waals surface area contributed by atoms with E-state index in [1.165, 1.54) is 6.20 Å². The topological polar surface area (TPSA) is 142 Å². The number of aldehydes is 1. The maximum Gasteiger partial charge on any atom is 0.242 e. The van der Waals surface area contributed by atoms with Crippen molar-refractivity contribution in [3.63, 3.8) is 0 Å². The lowest BCUT2D eigenvalue weighted by atomic mass is 9.98. The van der Waals surface area contributed by atoms with Gasteiger partial charge in [0.15, 0.2) is 5.78 Å². The molecule has 240 valence electrons. The monoisotopic (exact) mass is 607 g/mol. The first-order valence-corrected chi connectivity index (χ1v) is 16.2. The van der Waals surface area contributed by atoms with Crippen LogP contribution in [0.25, 0.3) is 0 Å². The van der Waals surface area contributed by atoms with Gasteiger partial charge in [0.05, 0.1) is 18.6 Å². The molecule has 0 heterocycles. The SMILES string of the molecule is C=CNC(CCSC)C(=O)NCC=O.CC(C)C.CNC(Cc1ccccc1)C(=O)NCCCCC(N)C(=O)C(C)C. The van der Waals surface area contributed by atoms with E-state index >= 15 is 0 Å². The molecule has 9 nitrogen and oxygen atoms in total. The van der Waals surface area contributed by atoms with E-state index in [4.69, 9.17) is 5.73 Å². The van der Waals surface area contributed by atoms with Gasteiger partial charge >= 0.3 is 0 Å². The minimum Gasteiger partial charge on any atom is -0.380 e. The molecule has 0 aromatic heterocycles. The van der Waals surface area contributed by atoms with E-state index in [0.29, 0.717) is 25.7 Å². The van der Waals surface area contributed by atoms with Crippen molar-refractivity contribution in [2.24, 2.45) is 17.6 Å². The van der Waals surface area contributed by atoms with E-state index in [1.807, 2.05) is 50.4 Å². The molecule has 0 aliphatic heterocycles. The molecule has 0 fully saturated rings. The van der Waals surface area contributed by atoms with Gasteiger partial charge in [0.1, 0.15) is 12.3 Å². The van der Waals surface area contributed by atoms with E-state index in [9.17, 15) is 19.2 Å². The molecule has 3 atom stereocenters. The molecule has 0 saturated carbocycles. The second-order valence-corrected chi connectivity index (χ2v) is 11.8. The highest BCUT2D eigenvalue weighted by Crippen LogP contribution is 2.06. The fourth-order valence-corrected chi connectivity index (χ4v) is 3.98.